The summed E-state index contributed by atoms with van der Waals surface area (Å²) >= 11 is 0. The number of carbonyl (C=O) groups is 2. The van der Waals surface area contributed by atoms with E-state index >= 15 is 0 Å². The third-order valence-electron chi connectivity index (χ3n) is 15.8. The number of benzene rings is 6. The first-order chi connectivity index (χ1) is 35.9. The molecule has 2 aliphatic carbocycles. The van der Waals surface area contributed by atoms with Crippen molar-refractivity contribution in [2.75, 3.05) is 54.4 Å². The van der Waals surface area contributed by atoms with Crippen molar-refractivity contribution in [2.45, 2.75) is 121 Å². The van der Waals surface area contributed by atoms with Gasteiger partial charge in [0.05, 0.1) is 6.61 Å². The van der Waals surface area contributed by atoms with Gasteiger partial charge >= 0.3 is 6.09 Å². The molecular formula is C65H76N2O7. The lowest BCUT2D eigenvalue weighted by Gasteiger charge is -2.42. The molecule has 9 nitrogen and oxygen atoms in total. The van der Waals surface area contributed by atoms with Crippen LogP contribution in [0.4, 0.5) is 4.79 Å². The standard InChI is InChI=1S/C65H76N2O7/c1-8-9-12-23-59(66-62(69)74-63(2,3)4)61(68)67-34-32-65(33-35-67)55-39-47(45-19-13-10-14-20-45)24-27-52(55)53-28-25-49(41-56(53)65)50-38-51(43-73-44-72-7)60-54-29-26-48(46-21-15-11-16-22-46)40-57(54)64(58(60)42-50,30-17-36-70-5)31-18-37-71-6/h10-11,13-16,19-22,24-29,38-42,59H,8-9,12,17-18,23,30-37,43-44H2,1-7H3,(H,66,69). The third-order valence-corrected chi connectivity index (χ3v) is 15.8. The Hall–Kier alpha value is -6.10. The number of piperidine rings is 1. The van der Waals surface area contributed by atoms with E-state index in [0.717, 1.165) is 74.5 Å². The minimum atomic E-state index is -0.673. The lowest BCUT2D eigenvalue weighted by atomic mass is 9.69. The van der Waals surface area contributed by atoms with E-state index in [4.69, 9.17) is 23.7 Å². The van der Waals surface area contributed by atoms with Gasteiger partial charge in [-0.2, -0.15) is 0 Å². The van der Waals surface area contributed by atoms with E-state index in [9.17, 15) is 9.59 Å². The zero-order valence-electron chi connectivity index (χ0n) is 44.8. The minimum Gasteiger partial charge on any atom is -0.444 e. The summed E-state index contributed by atoms with van der Waals surface area (Å²) in [6.07, 6.45) is 7.99. The van der Waals surface area contributed by atoms with E-state index in [1.165, 1.54) is 66.8 Å². The molecule has 0 radical (unpaired) electrons. The maximum absolute atomic E-state index is 14.6. The van der Waals surface area contributed by atoms with Crippen LogP contribution in [0.2, 0.25) is 0 Å². The van der Waals surface area contributed by atoms with E-state index in [-0.39, 0.29) is 23.5 Å². The fourth-order valence-electron chi connectivity index (χ4n) is 12.4. The molecule has 1 heterocycles. The van der Waals surface area contributed by atoms with E-state index in [0.29, 0.717) is 39.3 Å². The summed E-state index contributed by atoms with van der Waals surface area (Å²) in [5.41, 5.74) is 17.1. The zero-order chi connectivity index (χ0) is 51.9. The highest BCUT2D eigenvalue weighted by Gasteiger charge is 2.48. The highest BCUT2D eigenvalue weighted by molar-refractivity contribution is 5.91. The smallest absolute Gasteiger partial charge is 0.408 e. The molecule has 6 aromatic carbocycles. The number of ether oxygens (including phenoxy) is 5. The zero-order valence-corrected chi connectivity index (χ0v) is 44.8. The SMILES string of the molecule is CCCCCC(NC(=O)OC(C)(C)C)C(=O)N1CCC2(CC1)c1cc(-c3ccccc3)ccc1-c1ccc(-c3cc(COCOC)c4c(c3)C(CCCOC)(CCCOC)c3cc(-c5ccccc5)ccc3-4)cc12. The second-order valence-electron chi connectivity index (χ2n) is 21.7. The number of likely N-dealkylation sites (tertiary alicyclic amines) is 1. The van der Waals surface area contributed by atoms with Crippen molar-refractivity contribution in [3.63, 3.8) is 0 Å². The van der Waals surface area contributed by atoms with E-state index in [1.54, 1.807) is 21.3 Å². The van der Waals surface area contributed by atoms with Crippen molar-refractivity contribution in [2.24, 2.45) is 0 Å². The molecule has 1 unspecified atom stereocenters. The van der Waals surface area contributed by atoms with Crippen LogP contribution >= 0.6 is 0 Å². The molecule has 1 aliphatic heterocycles. The van der Waals surface area contributed by atoms with Crippen LogP contribution in [0.5, 0.6) is 0 Å². The van der Waals surface area contributed by atoms with Gasteiger partial charge < -0.3 is 33.9 Å². The Kier molecular flexibility index (Phi) is 16.5. The van der Waals surface area contributed by atoms with Crippen molar-refractivity contribution in [3.8, 4) is 55.6 Å². The molecule has 2 amide bonds. The lowest BCUT2D eigenvalue weighted by Crippen LogP contribution is -2.53. The van der Waals surface area contributed by atoms with Gasteiger partial charge in [-0.25, -0.2) is 4.79 Å². The lowest BCUT2D eigenvalue weighted by molar-refractivity contribution is -0.135. The topological polar surface area (TPSA) is 95.6 Å². The molecule has 1 saturated heterocycles. The van der Waals surface area contributed by atoms with E-state index < -0.39 is 17.7 Å². The van der Waals surface area contributed by atoms with Crippen molar-refractivity contribution in [1.82, 2.24) is 10.2 Å². The predicted molar refractivity (Wildman–Crippen MR) is 297 cm³/mol. The second kappa shape index (κ2) is 23.2. The summed E-state index contributed by atoms with van der Waals surface area (Å²) in [6.45, 7) is 10.7. The number of unbranched alkanes of at least 4 members (excludes halogenated alkanes) is 2. The summed E-state index contributed by atoms with van der Waals surface area (Å²) in [6, 6.07) is 46.6. The van der Waals surface area contributed by atoms with Crippen molar-refractivity contribution in [3.05, 3.63) is 155 Å². The summed E-state index contributed by atoms with van der Waals surface area (Å²) in [7, 11) is 5.26. The Balaban J connectivity index is 1.15. The first kappa shape index (κ1) is 52.8. The van der Waals surface area contributed by atoms with Crippen LogP contribution in [0.1, 0.15) is 120 Å². The van der Waals surface area contributed by atoms with Gasteiger partial charge in [-0.1, -0.05) is 123 Å². The largest absolute Gasteiger partial charge is 0.444 e. The Bertz CT molecular complexity index is 2890. The molecule has 388 valence electrons. The fourth-order valence-corrected chi connectivity index (χ4v) is 12.4. The van der Waals surface area contributed by atoms with Gasteiger partial charge in [0.1, 0.15) is 18.4 Å². The van der Waals surface area contributed by atoms with Gasteiger partial charge in [0.2, 0.25) is 5.91 Å². The molecule has 3 aliphatic rings. The van der Waals surface area contributed by atoms with Gasteiger partial charge in [0.25, 0.3) is 0 Å². The monoisotopic (exact) mass is 997 g/mol. The van der Waals surface area contributed by atoms with Crippen LogP contribution in [0.15, 0.2) is 127 Å². The fraction of sp³-hybridized carbons (Fsp3) is 0.415. The average molecular weight is 997 g/mol. The highest BCUT2D eigenvalue weighted by atomic mass is 16.7. The molecule has 6 aromatic rings. The molecule has 1 spiro atoms. The van der Waals surface area contributed by atoms with Gasteiger partial charge in [-0.3, -0.25) is 4.79 Å². The second-order valence-corrected chi connectivity index (χ2v) is 21.7. The summed E-state index contributed by atoms with van der Waals surface area (Å²) < 4.78 is 29.0. The molecule has 1 N–H and O–H groups in total. The maximum Gasteiger partial charge on any atom is 0.408 e. The Morgan fingerprint density at radius 3 is 1.69 bits per heavy atom. The summed E-state index contributed by atoms with van der Waals surface area (Å²) in [4.78, 5) is 29.8. The van der Waals surface area contributed by atoms with Gasteiger partial charge in [-0.15, -0.1) is 0 Å². The van der Waals surface area contributed by atoms with Crippen LogP contribution in [-0.4, -0.2) is 83.0 Å². The average Bonchev–Trinajstić information content (AvgIpc) is 3.83. The van der Waals surface area contributed by atoms with E-state index in [1.807, 2.05) is 25.7 Å². The molecule has 1 fully saturated rings. The van der Waals surface area contributed by atoms with E-state index in [2.05, 4.69) is 140 Å². The summed E-state index contributed by atoms with van der Waals surface area (Å²) in [5.74, 6) is -0.0372. The molecular weight excluding hydrogens is 921 g/mol. The first-order valence-corrected chi connectivity index (χ1v) is 27.0. The van der Waals surface area contributed by atoms with Crippen LogP contribution in [0.25, 0.3) is 55.6 Å². The number of fused-ring (bicyclic) bond motifs is 8. The summed E-state index contributed by atoms with van der Waals surface area (Å²) in [5, 5.41) is 2.98. The Morgan fingerprint density at radius 2 is 1.15 bits per heavy atom. The van der Waals surface area contributed by atoms with Crippen molar-refractivity contribution < 1.29 is 33.3 Å². The van der Waals surface area contributed by atoms with Crippen molar-refractivity contribution >= 4 is 12.0 Å². The number of nitrogens with zero attached hydrogens (tertiary/aromatic N) is 1. The molecule has 74 heavy (non-hydrogen) atoms. The quantitative estimate of drug-likeness (QED) is 0.0567. The number of nitrogens with one attached hydrogen (secondary N) is 1. The molecule has 9 rings (SSSR count). The van der Waals surface area contributed by atoms with Crippen LogP contribution in [0, 0.1) is 0 Å². The Morgan fingerprint density at radius 1 is 0.608 bits per heavy atom. The number of hydrogen-bond acceptors (Lipinski definition) is 7. The van der Waals surface area contributed by atoms with Gasteiger partial charge in [-0.05, 0) is 180 Å². The number of carbonyl (C=O) groups excluding carboxylic acids is 2. The molecule has 1 atom stereocenters. The molecule has 0 aromatic heterocycles. The van der Waals surface area contributed by atoms with Gasteiger partial charge in [0.15, 0.2) is 0 Å². The number of rotatable bonds is 21. The number of alkyl carbamates (subject to hydrolysis) is 1. The number of amides is 2. The molecule has 0 bridgehead atoms. The normalized spacial score (nSPS) is 15.3. The van der Waals surface area contributed by atoms with Crippen LogP contribution in [-0.2, 0) is 45.9 Å². The Labute approximate surface area is 439 Å². The first-order valence-electron chi connectivity index (χ1n) is 27.0. The number of methoxy groups -OCH3 is 3. The predicted octanol–water partition coefficient (Wildman–Crippen LogP) is 14.3. The molecule has 9 heteroatoms. The number of hydrogen-bond donors (Lipinski definition) is 1. The maximum atomic E-state index is 14.6. The highest BCUT2D eigenvalue weighted by Crippen LogP contribution is 2.59. The minimum absolute atomic E-state index is 0.0372. The van der Waals surface area contributed by atoms with Gasteiger partial charge in [0, 0.05) is 58.5 Å². The van der Waals surface area contributed by atoms with Crippen LogP contribution in [0.3, 0.4) is 0 Å². The van der Waals surface area contributed by atoms with Crippen LogP contribution < -0.4 is 5.32 Å². The molecule has 0 saturated carbocycles. The van der Waals surface area contributed by atoms with Crippen molar-refractivity contribution in [1.29, 1.82) is 0 Å². The third kappa shape index (κ3) is 10.9.